The van der Waals surface area contributed by atoms with Crippen LogP contribution in [0.2, 0.25) is 0 Å². The van der Waals surface area contributed by atoms with Crippen LogP contribution in [0.25, 0.3) is 28.0 Å². The number of cyclic esters (lactones) is 1. The van der Waals surface area contributed by atoms with E-state index in [1.54, 1.807) is 56.1 Å². The van der Waals surface area contributed by atoms with Crippen LogP contribution in [0.1, 0.15) is 87.2 Å². The lowest BCUT2D eigenvalue weighted by atomic mass is 9.86. The van der Waals surface area contributed by atoms with Crippen LogP contribution in [0.15, 0.2) is 41.6 Å². The number of fused-ring (bicyclic) bond motifs is 6. The molecule has 0 bridgehead atoms. The number of aryl methyl sites for hydroxylation is 1. The molecule has 0 unspecified atom stereocenters. The van der Waals surface area contributed by atoms with Crippen LogP contribution in [0.4, 0.5) is 0 Å². The first-order chi connectivity index (χ1) is 36.7. The second-order valence-electron chi connectivity index (χ2n) is 18.7. The van der Waals surface area contributed by atoms with Crippen molar-refractivity contribution in [3.8, 4) is 28.6 Å². The highest BCUT2D eigenvalue weighted by molar-refractivity contribution is 7.71. The zero-order chi connectivity index (χ0) is 53.9. The quantitative estimate of drug-likeness (QED) is 0.0166. The molecule has 0 saturated heterocycles. The van der Waals surface area contributed by atoms with E-state index in [1.165, 1.54) is 4.68 Å². The van der Waals surface area contributed by atoms with Gasteiger partial charge in [0.15, 0.2) is 21.9 Å². The number of esters is 1. The predicted octanol–water partition coefficient (Wildman–Crippen LogP) is 1.36. The third-order valence-electron chi connectivity index (χ3n) is 13.2. The van der Waals surface area contributed by atoms with Crippen molar-refractivity contribution < 1.29 is 57.5 Å². The van der Waals surface area contributed by atoms with Gasteiger partial charge in [-0.25, -0.2) is 19.4 Å². The Labute approximate surface area is 440 Å². The maximum absolute atomic E-state index is 13.9. The molecule has 0 aliphatic carbocycles. The van der Waals surface area contributed by atoms with E-state index in [-0.39, 0.29) is 95.1 Å². The van der Waals surface area contributed by atoms with E-state index < -0.39 is 47.3 Å². The van der Waals surface area contributed by atoms with E-state index >= 15 is 0 Å². The van der Waals surface area contributed by atoms with Crippen LogP contribution >= 0.6 is 12.2 Å². The molecular weight excluding hydrogens is 1010 g/mol. The summed E-state index contributed by atoms with van der Waals surface area (Å²) >= 11 is 4.96. The topological polar surface area (TPSA) is 329 Å². The largest absolute Gasteiger partial charge is 0.458 e. The Kier molecular flexibility index (Phi) is 18.2. The van der Waals surface area contributed by atoms with Crippen LogP contribution < -0.4 is 42.0 Å². The number of aliphatic hydroxyl groups is 1. The first-order valence-electron chi connectivity index (χ1n) is 25.1. The summed E-state index contributed by atoms with van der Waals surface area (Å²) in [6.45, 7) is 5.46. The first-order valence-corrected chi connectivity index (χ1v) is 25.6. The number of carbonyl (C=O) groups is 5. The molecule has 0 fully saturated rings. The summed E-state index contributed by atoms with van der Waals surface area (Å²) in [6, 6.07) is 3.37. The van der Waals surface area contributed by atoms with Gasteiger partial charge in [-0.2, -0.15) is 0 Å². The summed E-state index contributed by atoms with van der Waals surface area (Å²) in [4.78, 5) is 91.0. The Bertz CT molecular complexity index is 3070. The van der Waals surface area contributed by atoms with Gasteiger partial charge in [-0.05, 0) is 87.3 Å². The Hall–Kier alpha value is -7.23. The van der Waals surface area contributed by atoms with Gasteiger partial charge in [0, 0.05) is 35.4 Å². The summed E-state index contributed by atoms with van der Waals surface area (Å²) in [5.74, 6) is -2.23. The summed E-state index contributed by atoms with van der Waals surface area (Å²) in [7, 11) is 0. The number of H-pyrrole nitrogens is 1. The molecule has 3 atom stereocenters. The van der Waals surface area contributed by atoms with Crippen molar-refractivity contribution in [1.82, 2.24) is 55.8 Å². The fraction of sp³-hybridized carbons (Fsp3) is 0.500. The Morgan fingerprint density at radius 1 is 0.947 bits per heavy atom. The lowest BCUT2D eigenvalue weighted by Gasteiger charge is -2.31. The Balaban J connectivity index is 0.771. The standard InChI is InChI=1S/C50H62N12O13S/c1-4-50(69)35-16-38-44-33(22-61(38)47(67)34(35)24-73-48(50)68)31(32-15-39-40(75-27-74-39)17-37(32)56-44)9-6-8-12-72-26-55-41(63)20-52-45(65)36(10-5-7-11-51)57-46(66)43(28(2)3)58-42(64)25-71-14-13-70-23-29-21-62(60-59-29)30-18-53-49(76)54-19-30/h15-19,21,28,36,43,69H,4-14,20,22-27,51H2,1-3H3,(H,52,65)(H,55,63)(H,57,66)(H,58,64)(H,53,54,76)/t36-,43-,50+/m0/s1. The molecule has 25 nitrogen and oxygen atoms in total. The lowest BCUT2D eigenvalue weighted by molar-refractivity contribution is -0.172. The van der Waals surface area contributed by atoms with Gasteiger partial charge >= 0.3 is 5.97 Å². The van der Waals surface area contributed by atoms with Crippen molar-refractivity contribution in [2.24, 2.45) is 11.7 Å². The van der Waals surface area contributed by atoms with Gasteiger partial charge < -0.3 is 70.1 Å². The first kappa shape index (κ1) is 55.0. The third-order valence-corrected chi connectivity index (χ3v) is 13.4. The number of carbonyl (C=O) groups excluding carboxylic acids is 5. The van der Waals surface area contributed by atoms with E-state index in [9.17, 15) is 33.9 Å². The lowest BCUT2D eigenvalue weighted by Crippen LogP contribution is -2.56. The number of nitrogens with one attached hydrogen (secondary N) is 5. The van der Waals surface area contributed by atoms with Crippen molar-refractivity contribution in [3.05, 3.63) is 79.9 Å². The van der Waals surface area contributed by atoms with E-state index in [0.717, 1.165) is 16.5 Å². The molecule has 4 aromatic heterocycles. The molecule has 406 valence electrons. The number of amides is 4. The number of rotatable bonds is 27. The van der Waals surface area contributed by atoms with Crippen LogP contribution in [-0.2, 0) is 74.7 Å². The minimum absolute atomic E-state index is 0.0255. The average Bonchev–Trinajstić information content (AvgIpc) is 4.23. The maximum Gasteiger partial charge on any atom is 0.343 e. The minimum Gasteiger partial charge on any atom is -0.458 e. The number of ether oxygens (including phenoxy) is 6. The van der Waals surface area contributed by atoms with E-state index in [0.29, 0.717) is 89.8 Å². The summed E-state index contributed by atoms with van der Waals surface area (Å²) in [5.41, 5.74) is 8.55. The Morgan fingerprint density at radius 2 is 1.75 bits per heavy atom. The van der Waals surface area contributed by atoms with Gasteiger partial charge in [0.2, 0.25) is 30.4 Å². The van der Waals surface area contributed by atoms with Crippen molar-refractivity contribution in [2.45, 2.75) is 103 Å². The average molecular weight is 1070 g/mol. The number of nitrogens with two attached hydrogens (primary N) is 1. The normalized spacial score (nSPS) is 15.9. The molecule has 1 aromatic carbocycles. The van der Waals surface area contributed by atoms with Crippen molar-refractivity contribution in [3.63, 3.8) is 0 Å². The molecule has 76 heavy (non-hydrogen) atoms. The fourth-order valence-electron chi connectivity index (χ4n) is 9.08. The SMILES string of the molecule is CC[C@]1(O)C(=O)OCc2c1cc1n(c2=O)Cc2c-1nc1cc3c(cc1c2CCCCOCNC(=O)CNC(=O)[C@H](CCCCN)NC(=O)[C@@H](NC(=O)COCCOCc1cn(-c2cnc(=S)[nH]c2)nn1)C(C)C)OCO3. The molecule has 26 heteroatoms. The van der Waals surface area contributed by atoms with Gasteiger partial charge in [-0.3, -0.25) is 24.0 Å². The molecule has 8 rings (SSSR count). The second-order valence-corrected chi connectivity index (χ2v) is 19.1. The zero-order valence-electron chi connectivity index (χ0n) is 42.4. The van der Waals surface area contributed by atoms with Crippen LogP contribution in [0.3, 0.4) is 0 Å². The number of hydrogen-bond acceptors (Lipinski definition) is 19. The smallest absolute Gasteiger partial charge is 0.343 e. The molecule has 0 spiro atoms. The van der Waals surface area contributed by atoms with Crippen LogP contribution in [0.5, 0.6) is 11.5 Å². The molecule has 8 N–H and O–H groups in total. The number of pyridine rings is 2. The van der Waals surface area contributed by atoms with Crippen LogP contribution in [0, 0.1) is 10.7 Å². The van der Waals surface area contributed by atoms with Crippen molar-refractivity contribution >= 4 is 52.7 Å². The van der Waals surface area contributed by atoms with E-state index in [1.807, 2.05) is 6.07 Å². The molecule has 5 aromatic rings. The molecule has 4 amide bonds. The monoisotopic (exact) mass is 1070 g/mol. The van der Waals surface area contributed by atoms with Crippen molar-refractivity contribution in [1.29, 1.82) is 0 Å². The summed E-state index contributed by atoms with van der Waals surface area (Å²) < 4.78 is 36.9. The van der Waals surface area contributed by atoms with Gasteiger partial charge in [-0.1, -0.05) is 26.0 Å². The van der Waals surface area contributed by atoms with Gasteiger partial charge in [-0.15, -0.1) is 5.10 Å². The maximum atomic E-state index is 13.9. The predicted molar refractivity (Wildman–Crippen MR) is 272 cm³/mol. The molecule has 3 aliphatic rings. The zero-order valence-corrected chi connectivity index (χ0v) is 43.3. The molecular formula is C50H62N12O13S. The van der Waals surface area contributed by atoms with Gasteiger partial charge in [0.25, 0.3) is 5.56 Å². The van der Waals surface area contributed by atoms with E-state index in [4.69, 9.17) is 51.4 Å². The number of unbranched alkanes of at least 4 members (excludes halogenated alkanes) is 2. The minimum atomic E-state index is -1.96. The number of hydrogen-bond donors (Lipinski definition) is 7. The number of benzene rings is 1. The third kappa shape index (κ3) is 12.7. The summed E-state index contributed by atoms with van der Waals surface area (Å²) in [6.07, 6.45) is 8.11. The second kappa shape index (κ2) is 25.1. The fourth-order valence-corrected chi connectivity index (χ4v) is 9.20. The van der Waals surface area contributed by atoms with Crippen LogP contribution in [-0.4, -0.2) is 134 Å². The molecule has 0 radical (unpaired) electrons. The molecule has 3 aliphatic heterocycles. The highest BCUT2D eigenvalue weighted by Gasteiger charge is 2.45. The number of aromatic nitrogens is 7. The summed E-state index contributed by atoms with van der Waals surface area (Å²) in [5, 5.41) is 30.9. The number of nitrogens with zero attached hydrogens (tertiary/aromatic N) is 6. The van der Waals surface area contributed by atoms with E-state index in [2.05, 4.69) is 41.5 Å². The Morgan fingerprint density at radius 3 is 2.51 bits per heavy atom. The van der Waals surface area contributed by atoms with Crippen molar-refractivity contribution in [2.75, 3.05) is 53.0 Å². The molecule has 0 saturated carbocycles. The van der Waals surface area contributed by atoms with Gasteiger partial charge in [0.05, 0.1) is 67.8 Å². The molecule has 7 heterocycles. The number of aromatic amines is 1. The highest BCUT2D eigenvalue weighted by Crippen LogP contribution is 2.43. The van der Waals surface area contributed by atoms with Gasteiger partial charge in [0.1, 0.15) is 43.4 Å². The highest BCUT2D eigenvalue weighted by atomic mass is 32.1.